The summed E-state index contributed by atoms with van der Waals surface area (Å²) in [6.45, 7) is 1.50. The molecule has 0 aliphatic rings. The van der Waals surface area contributed by atoms with Crippen LogP contribution in [0, 0.1) is 0 Å². The van der Waals surface area contributed by atoms with Gasteiger partial charge >= 0.3 is 6.03 Å². The Kier molecular flexibility index (Phi) is 5.29. The monoisotopic (exact) mass is 346 g/mol. The van der Waals surface area contributed by atoms with E-state index in [-0.39, 0.29) is 11.8 Å². The summed E-state index contributed by atoms with van der Waals surface area (Å²) < 4.78 is 5.71. The molecule has 26 heavy (non-hydrogen) atoms. The van der Waals surface area contributed by atoms with E-state index in [4.69, 9.17) is 4.74 Å². The second-order valence-corrected chi connectivity index (χ2v) is 5.65. The smallest absolute Gasteiger partial charge is 0.323 e. The van der Waals surface area contributed by atoms with Crippen molar-refractivity contribution in [3.63, 3.8) is 0 Å². The summed E-state index contributed by atoms with van der Waals surface area (Å²) in [7, 11) is 0. The molecule has 0 aliphatic heterocycles. The minimum absolute atomic E-state index is 0.0150. The van der Waals surface area contributed by atoms with E-state index in [2.05, 4.69) is 10.6 Å². The number of para-hydroxylation sites is 1. The summed E-state index contributed by atoms with van der Waals surface area (Å²) >= 11 is 0. The number of Topliss-reactive ketones (excluding diaryl/α,β-unsaturated/α-hetero) is 1. The molecule has 0 spiro atoms. The summed E-state index contributed by atoms with van der Waals surface area (Å²) in [5.74, 6) is 1.42. The molecular weight excluding hydrogens is 328 g/mol. The number of anilines is 2. The number of nitrogens with one attached hydrogen (secondary N) is 2. The van der Waals surface area contributed by atoms with Crippen LogP contribution in [0.3, 0.4) is 0 Å². The molecule has 0 saturated heterocycles. The van der Waals surface area contributed by atoms with Crippen LogP contribution >= 0.6 is 0 Å². The lowest BCUT2D eigenvalue weighted by molar-refractivity contribution is 0.101. The van der Waals surface area contributed by atoms with Gasteiger partial charge in [-0.25, -0.2) is 4.79 Å². The van der Waals surface area contributed by atoms with Crippen LogP contribution in [0.2, 0.25) is 0 Å². The van der Waals surface area contributed by atoms with Crippen molar-refractivity contribution in [1.29, 1.82) is 0 Å². The van der Waals surface area contributed by atoms with Gasteiger partial charge in [-0.15, -0.1) is 0 Å². The molecule has 0 aliphatic carbocycles. The van der Waals surface area contributed by atoms with E-state index in [9.17, 15) is 9.59 Å². The number of urea groups is 1. The van der Waals surface area contributed by atoms with Crippen molar-refractivity contribution < 1.29 is 14.3 Å². The number of amides is 2. The molecule has 5 heteroatoms. The van der Waals surface area contributed by atoms with Crippen LogP contribution in [-0.4, -0.2) is 11.8 Å². The lowest BCUT2D eigenvalue weighted by Gasteiger charge is -2.09. The molecule has 3 rings (SSSR count). The van der Waals surface area contributed by atoms with E-state index in [0.717, 1.165) is 5.75 Å². The van der Waals surface area contributed by atoms with Crippen molar-refractivity contribution in [1.82, 2.24) is 0 Å². The average molecular weight is 346 g/mol. The van der Waals surface area contributed by atoms with E-state index in [1.54, 1.807) is 48.5 Å². The maximum absolute atomic E-state index is 12.1. The van der Waals surface area contributed by atoms with Crippen LogP contribution in [-0.2, 0) is 0 Å². The highest BCUT2D eigenvalue weighted by Gasteiger charge is 2.05. The standard InChI is InChI=1S/C21H18N2O3/c1-15(24)16-7-9-17(10-8-16)22-21(25)23-18-11-13-20(14-12-18)26-19-5-3-2-4-6-19/h2-14H,1H3,(H2,22,23,25). The van der Waals surface area contributed by atoms with Crippen LogP contribution in [0.5, 0.6) is 11.5 Å². The van der Waals surface area contributed by atoms with Crippen LogP contribution in [0.15, 0.2) is 78.9 Å². The van der Waals surface area contributed by atoms with Crippen molar-refractivity contribution in [2.24, 2.45) is 0 Å². The van der Waals surface area contributed by atoms with Crippen LogP contribution in [0.4, 0.5) is 16.2 Å². The zero-order valence-electron chi connectivity index (χ0n) is 14.2. The number of hydrogen-bond acceptors (Lipinski definition) is 3. The minimum Gasteiger partial charge on any atom is -0.457 e. The Bertz CT molecular complexity index is 889. The van der Waals surface area contributed by atoms with Gasteiger partial charge in [0.05, 0.1) is 0 Å². The molecule has 0 aromatic heterocycles. The summed E-state index contributed by atoms with van der Waals surface area (Å²) in [6, 6.07) is 22.9. The number of hydrogen-bond donors (Lipinski definition) is 2. The third kappa shape index (κ3) is 4.70. The van der Waals surface area contributed by atoms with E-state index in [0.29, 0.717) is 22.7 Å². The molecule has 2 amide bonds. The van der Waals surface area contributed by atoms with Gasteiger partial charge in [-0.1, -0.05) is 18.2 Å². The Hall–Kier alpha value is -3.60. The molecule has 0 radical (unpaired) electrons. The third-order valence-electron chi connectivity index (χ3n) is 3.64. The molecule has 0 heterocycles. The fourth-order valence-corrected chi connectivity index (χ4v) is 2.31. The lowest BCUT2D eigenvalue weighted by atomic mass is 10.1. The van der Waals surface area contributed by atoms with E-state index >= 15 is 0 Å². The van der Waals surface area contributed by atoms with Crippen LogP contribution in [0.1, 0.15) is 17.3 Å². The van der Waals surface area contributed by atoms with Crippen molar-refractivity contribution >= 4 is 23.2 Å². The number of carbonyl (C=O) groups excluding carboxylic acids is 2. The molecule has 0 atom stereocenters. The number of ketones is 1. The van der Waals surface area contributed by atoms with Gasteiger partial charge in [-0.2, -0.15) is 0 Å². The predicted molar refractivity (Wildman–Crippen MR) is 102 cm³/mol. The molecule has 3 aromatic carbocycles. The summed E-state index contributed by atoms with van der Waals surface area (Å²) in [6.07, 6.45) is 0. The molecule has 0 saturated carbocycles. The van der Waals surface area contributed by atoms with Crippen molar-refractivity contribution in [2.75, 3.05) is 10.6 Å². The highest BCUT2D eigenvalue weighted by Crippen LogP contribution is 2.22. The third-order valence-corrected chi connectivity index (χ3v) is 3.64. The van der Waals surface area contributed by atoms with Gasteiger partial charge in [0.25, 0.3) is 0 Å². The first-order chi connectivity index (χ1) is 12.6. The van der Waals surface area contributed by atoms with E-state index in [1.807, 2.05) is 30.3 Å². The Labute approximate surface area is 151 Å². The first-order valence-electron chi connectivity index (χ1n) is 8.12. The topological polar surface area (TPSA) is 67.4 Å². The van der Waals surface area contributed by atoms with E-state index < -0.39 is 0 Å². The van der Waals surface area contributed by atoms with Gasteiger partial charge in [0.15, 0.2) is 5.78 Å². The zero-order chi connectivity index (χ0) is 18.4. The minimum atomic E-state index is -0.364. The fraction of sp³-hybridized carbons (Fsp3) is 0.0476. The van der Waals surface area contributed by atoms with Crippen LogP contribution < -0.4 is 15.4 Å². The number of carbonyl (C=O) groups is 2. The molecule has 5 nitrogen and oxygen atoms in total. The Morgan fingerprint density at radius 3 is 1.73 bits per heavy atom. The number of rotatable bonds is 5. The van der Waals surface area contributed by atoms with Crippen molar-refractivity contribution in [2.45, 2.75) is 6.92 Å². The maximum Gasteiger partial charge on any atom is 0.323 e. The maximum atomic E-state index is 12.1. The zero-order valence-corrected chi connectivity index (χ0v) is 14.2. The summed E-state index contributed by atoms with van der Waals surface area (Å²) in [5, 5.41) is 5.46. The summed E-state index contributed by atoms with van der Waals surface area (Å²) in [4.78, 5) is 23.3. The van der Waals surface area contributed by atoms with Crippen LogP contribution in [0.25, 0.3) is 0 Å². The summed E-state index contributed by atoms with van der Waals surface area (Å²) in [5.41, 5.74) is 1.85. The lowest BCUT2D eigenvalue weighted by Crippen LogP contribution is -2.19. The largest absolute Gasteiger partial charge is 0.457 e. The van der Waals surface area contributed by atoms with Gasteiger partial charge in [0.2, 0.25) is 0 Å². The molecule has 3 aromatic rings. The average Bonchev–Trinajstić information content (AvgIpc) is 2.64. The van der Waals surface area contributed by atoms with Gasteiger partial charge in [0.1, 0.15) is 11.5 Å². The van der Waals surface area contributed by atoms with Gasteiger partial charge in [-0.3, -0.25) is 4.79 Å². The molecule has 0 unspecified atom stereocenters. The first kappa shape index (κ1) is 17.2. The molecule has 0 fully saturated rings. The van der Waals surface area contributed by atoms with Crippen molar-refractivity contribution in [3.8, 4) is 11.5 Å². The van der Waals surface area contributed by atoms with Gasteiger partial charge in [0, 0.05) is 16.9 Å². The Morgan fingerprint density at radius 2 is 1.19 bits per heavy atom. The molecule has 2 N–H and O–H groups in total. The van der Waals surface area contributed by atoms with Gasteiger partial charge < -0.3 is 15.4 Å². The Balaban J connectivity index is 1.56. The number of benzene rings is 3. The highest BCUT2D eigenvalue weighted by molar-refractivity contribution is 6.00. The second-order valence-electron chi connectivity index (χ2n) is 5.65. The van der Waals surface area contributed by atoms with Crippen molar-refractivity contribution in [3.05, 3.63) is 84.4 Å². The molecular formula is C21H18N2O3. The Morgan fingerprint density at radius 1 is 0.692 bits per heavy atom. The SMILES string of the molecule is CC(=O)c1ccc(NC(=O)Nc2ccc(Oc3ccccc3)cc2)cc1. The molecule has 130 valence electrons. The first-order valence-corrected chi connectivity index (χ1v) is 8.12. The van der Waals surface area contributed by atoms with E-state index in [1.165, 1.54) is 6.92 Å². The quantitative estimate of drug-likeness (QED) is 0.614. The predicted octanol–water partition coefficient (Wildman–Crippen LogP) is 5.33. The second kappa shape index (κ2) is 7.98. The van der Waals surface area contributed by atoms with Gasteiger partial charge in [-0.05, 0) is 67.6 Å². The fourth-order valence-electron chi connectivity index (χ4n) is 2.31. The number of ether oxygens (including phenoxy) is 1. The normalized spacial score (nSPS) is 10.0. The highest BCUT2D eigenvalue weighted by atomic mass is 16.5. The molecule has 0 bridgehead atoms.